The van der Waals surface area contributed by atoms with Crippen LogP contribution in [-0.4, -0.2) is 6.54 Å². The zero-order chi connectivity index (χ0) is 6.10. The zero-order valence-corrected chi connectivity index (χ0v) is 4.94. The Bertz CT molecular complexity index is 295. The molecule has 0 fully saturated rings. The topological polar surface area (TPSA) is 24.2 Å². The lowest BCUT2D eigenvalue weighted by molar-refractivity contribution is -1.10. The van der Waals surface area contributed by atoms with Gasteiger partial charge in [0.1, 0.15) is 0 Å². The van der Waals surface area contributed by atoms with Gasteiger partial charge in [0.2, 0.25) is 0 Å². The van der Waals surface area contributed by atoms with E-state index in [9.17, 15) is 0 Å². The maximum absolute atomic E-state index is 4.12. The van der Waals surface area contributed by atoms with Crippen molar-refractivity contribution in [2.24, 2.45) is 5.11 Å². The molecular formula is C6H7N3+2. The van der Waals surface area contributed by atoms with Gasteiger partial charge in [-0.05, 0) is 6.07 Å². The van der Waals surface area contributed by atoms with Gasteiger partial charge in [-0.2, -0.15) is 0 Å². The molecule has 0 radical (unpaired) electrons. The first-order chi connectivity index (χ1) is 4.47. The molecule has 0 bridgehead atoms. The van der Waals surface area contributed by atoms with Crippen molar-refractivity contribution in [3.63, 3.8) is 0 Å². The highest BCUT2D eigenvalue weighted by Gasteiger charge is 2.08. The minimum atomic E-state index is 0.786. The van der Waals surface area contributed by atoms with Crippen molar-refractivity contribution in [1.82, 2.24) is 0 Å². The second-order valence-electron chi connectivity index (χ2n) is 1.89. The lowest BCUT2D eigenvalue weighted by Gasteiger charge is -1.64. The largest absolute Gasteiger partial charge is 0.276 e. The van der Waals surface area contributed by atoms with Crippen molar-refractivity contribution >= 4 is 0 Å². The number of nitrogens with zero attached hydrogens (tertiary/aromatic N) is 3. The van der Waals surface area contributed by atoms with Gasteiger partial charge in [-0.25, -0.2) is 0 Å². The zero-order valence-electron chi connectivity index (χ0n) is 4.94. The summed E-state index contributed by atoms with van der Waals surface area (Å²) >= 11 is 0. The molecule has 0 aliphatic carbocycles. The average molecular weight is 121 g/mol. The lowest BCUT2D eigenvalue weighted by atomic mass is 10.6. The fourth-order valence-electron chi connectivity index (χ4n) is 0.878. The molecule has 1 aromatic heterocycles. The van der Waals surface area contributed by atoms with Crippen LogP contribution in [0.5, 0.6) is 0 Å². The van der Waals surface area contributed by atoms with E-state index in [1.54, 1.807) is 4.48 Å². The first-order valence-corrected chi connectivity index (χ1v) is 2.90. The number of aromatic nitrogens is 2. The van der Waals surface area contributed by atoms with Crippen molar-refractivity contribution in [2.45, 2.75) is 0 Å². The third-order valence-corrected chi connectivity index (χ3v) is 1.30. The van der Waals surface area contributed by atoms with E-state index in [0.29, 0.717) is 0 Å². The molecule has 2 rings (SSSR count). The van der Waals surface area contributed by atoms with Gasteiger partial charge in [0.05, 0.1) is 0 Å². The van der Waals surface area contributed by atoms with Gasteiger partial charge in [0, 0.05) is 10.4 Å². The van der Waals surface area contributed by atoms with Gasteiger partial charge in [-0.15, -0.1) is 0 Å². The molecule has 0 saturated carbocycles. The summed E-state index contributed by atoms with van der Waals surface area (Å²) in [7, 11) is 0. The molecule has 9 heavy (non-hydrogen) atoms. The molecule has 44 valence electrons. The minimum Gasteiger partial charge on any atom is -0.00984 e. The molecule has 0 atom stereocenters. The van der Waals surface area contributed by atoms with E-state index in [0.717, 1.165) is 6.54 Å². The molecule has 2 heterocycles. The quantitative estimate of drug-likeness (QED) is 0.406. The standard InChI is InChI=1S/C6H7N3/c1-2-5-9-7-3-6-8(9)4-1/h1-2,4-6H,3H2/q+2. The third-order valence-electron chi connectivity index (χ3n) is 1.30. The Kier molecular flexibility index (Phi) is 0.828. The van der Waals surface area contributed by atoms with Gasteiger partial charge < -0.3 is 0 Å². The Morgan fingerprint density at radius 1 is 1.22 bits per heavy atom. The maximum Gasteiger partial charge on any atom is 0.276 e. The van der Waals surface area contributed by atoms with Gasteiger partial charge in [-0.3, -0.25) is 0 Å². The Labute approximate surface area is 52.2 Å². The monoisotopic (exact) mass is 121 g/mol. The predicted molar refractivity (Wildman–Crippen MR) is 29.2 cm³/mol. The molecule has 0 N–H and O–H groups in total. The molecule has 1 aromatic rings. The van der Waals surface area contributed by atoms with Crippen LogP contribution in [0, 0.1) is 6.21 Å². The molecule has 0 aromatic carbocycles. The van der Waals surface area contributed by atoms with Crippen LogP contribution in [0.15, 0.2) is 29.6 Å². The highest BCUT2D eigenvalue weighted by molar-refractivity contribution is 4.73. The van der Waals surface area contributed by atoms with E-state index < -0.39 is 0 Å². The third kappa shape index (κ3) is 0.614. The molecule has 0 saturated heterocycles. The molecule has 0 amide bonds. The summed E-state index contributed by atoms with van der Waals surface area (Å²) in [5, 5.41) is 4.12. The molecule has 3 heteroatoms. The molecular weight excluding hydrogens is 114 g/mol. The van der Waals surface area contributed by atoms with Crippen LogP contribution in [0.3, 0.4) is 0 Å². The van der Waals surface area contributed by atoms with Crippen LogP contribution in [0.2, 0.25) is 0 Å². The van der Waals surface area contributed by atoms with Crippen molar-refractivity contribution in [3.8, 4) is 0 Å². The highest BCUT2D eigenvalue weighted by atomic mass is 15.4. The normalized spacial score (nSPS) is 13.8. The summed E-state index contributed by atoms with van der Waals surface area (Å²) in [6, 6.07) is 3.94. The summed E-state index contributed by atoms with van der Waals surface area (Å²) in [6.45, 7) is 0.786. The number of rotatable bonds is 0. The second kappa shape index (κ2) is 1.62. The summed E-state index contributed by atoms with van der Waals surface area (Å²) in [6.07, 6.45) is 5.90. The molecule has 1 aliphatic heterocycles. The summed E-state index contributed by atoms with van der Waals surface area (Å²) in [5.74, 6) is 0. The smallest absolute Gasteiger partial charge is 0.00984 e. The number of hydrogen-bond donors (Lipinski definition) is 0. The number of hydrogen-bond acceptors (Lipinski definition) is 1. The van der Waals surface area contributed by atoms with Crippen LogP contribution < -0.4 is 8.84 Å². The van der Waals surface area contributed by atoms with Gasteiger partial charge >= 0.3 is 0 Å². The van der Waals surface area contributed by atoms with E-state index in [1.807, 2.05) is 35.1 Å². The fourth-order valence-corrected chi connectivity index (χ4v) is 0.878. The van der Waals surface area contributed by atoms with Crippen molar-refractivity contribution in [3.05, 3.63) is 30.7 Å². The fraction of sp³-hybridized carbons (Fsp3) is 0.167. The highest BCUT2D eigenvalue weighted by Crippen LogP contribution is 1.71. The van der Waals surface area contributed by atoms with Gasteiger partial charge in [0.15, 0.2) is 22.0 Å². The first kappa shape index (κ1) is 4.61. The van der Waals surface area contributed by atoms with Crippen LogP contribution in [0.4, 0.5) is 0 Å². The second-order valence-corrected chi connectivity index (χ2v) is 1.89. The van der Waals surface area contributed by atoms with E-state index in [-0.39, 0.29) is 0 Å². The summed E-state index contributed by atoms with van der Waals surface area (Å²) in [4.78, 5) is 0. The van der Waals surface area contributed by atoms with Crippen LogP contribution >= 0.6 is 0 Å². The lowest BCUT2D eigenvalue weighted by Crippen LogP contribution is -2.43. The molecule has 0 spiro atoms. The molecule has 3 nitrogen and oxygen atoms in total. The Morgan fingerprint density at radius 2 is 2.11 bits per heavy atom. The molecule has 0 unspecified atom stereocenters. The van der Waals surface area contributed by atoms with E-state index in [2.05, 4.69) is 5.11 Å². The van der Waals surface area contributed by atoms with Gasteiger partial charge in [0.25, 0.3) is 12.7 Å². The van der Waals surface area contributed by atoms with Crippen LogP contribution in [-0.2, 0) is 0 Å². The van der Waals surface area contributed by atoms with Gasteiger partial charge in [-0.1, -0.05) is 0 Å². The van der Waals surface area contributed by atoms with Crippen LogP contribution in [0.25, 0.3) is 0 Å². The average Bonchev–Trinajstić information content (AvgIpc) is 2.33. The van der Waals surface area contributed by atoms with Crippen molar-refractivity contribution < 1.29 is 8.84 Å². The minimum absolute atomic E-state index is 0.786. The van der Waals surface area contributed by atoms with Crippen molar-refractivity contribution in [2.75, 3.05) is 6.54 Å². The van der Waals surface area contributed by atoms with E-state index in [4.69, 9.17) is 0 Å². The molecule has 1 aliphatic rings. The summed E-state index contributed by atoms with van der Waals surface area (Å²) in [5.41, 5.74) is 0. The maximum atomic E-state index is 4.12. The van der Waals surface area contributed by atoms with Crippen LogP contribution in [0.1, 0.15) is 0 Å². The number of fused-ring (bicyclic) bond motifs is 1. The van der Waals surface area contributed by atoms with Crippen molar-refractivity contribution in [1.29, 1.82) is 0 Å². The Hall–Kier alpha value is -1.25. The Morgan fingerprint density at radius 3 is 3.00 bits per heavy atom. The first-order valence-electron chi connectivity index (χ1n) is 2.90. The summed E-state index contributed by atoms with van der Waals surface area (Å²) < 4.78 is 3.75. The van der Waals surface area contributed by atoms with E-state index >= 15 is 0 Å². The predicted octanol–water partition coefficient (Wildman–Crippen LogP) is -0.683. The van der Waals surface area contributed by atoms with E-state index in [1.165, 1.54) is 0 Å². The Balaban J connectivity index is 2.97. The SMILES string of the molecule is C1=[n+]2cccc[n+]2=NC1.